The maximum Gasteiger partial charge on any atom is 0.416 e. The predicted octanol–water partition coefficient (Wildman–Crippen LogP) is 3.15. The highest BCUT2D eigenvalue weighted by Gasteiger charge is 2.22. The third kappa shape index (κ3) is 4.14. The van der Waals surface area contributed by atoms with E-state index in [4.69, 9.17) is 16.3 Å². The summed E-state index contributed by atoms with van der Waals surface area (Å²) >= 11 is 5.90. The molecule has 0 saturated carbocycles. The average molecular weight is 272 g/mol. The monoisotopic (exact) mass is 271 g/mol. The molecule has 1 atom stereocenters. The van der Waals surface area contributed by atoms with Gasteiger partial charge in [-0.2, -0.15) is 0 Å². The topological polar surface area (TPSA) is 55.3 Å². The van der Waals surface area contributed by atoms with Gasteiger partial charge in [-0.05, 0) is 27.7 Å². The fraction of sp³-hybridized carbons (Fsp3) is 0.583. The van der Waals surface area contributed by atoms with Crippen LogP contribution < -0.4 is 4.90 Å². The predicted molar refractivity (Wildman–Crippen MR) is 70.9 cm³/mol. The second kappa shape index (κ2) is 5.52. The van der Waals surface area contributed by atoms with Crippen LogP contribution in [0, 0.1) is 0 Å². The van der Waals surface area contributed by atoms with E-state index in [1.54, 1.807) is 40.2 Å². The normalized spacial score (nSPS) is 13.0. The smallest absolute Gasteiger partial charge is 0.416 e. The van der Waals surface area contributed by atoms with E-state index < -0.39 is 11.7 Å². The molecule has 0 N–H and O–H groups in total. The van der Waals surface area contributed by atoms with Gasteiger partial charge in [0, 0.05) is 25.0 Å². The lowest BCUT2D eigenvalue weighted by atomic mass is 10.2. The number of hydrogen-bond acceptors (Lipinski definition) is 4. The van der Waals surface area contributed by atoms with E-state index in [0.717, 1.165) is 5.56 Å². The van der Waals surface area contributed by atoms with Crippen molar-refractivity contribution in [3.63, 3.8) is 0 Å². The molecular formula is C12H18ClN3O2. The molecule has 0 bridgehead atoms. The Bertz CT molecular complexity index is 412. The van der Waals surface area contributed by atoms with Crippen molar-refractivity contribution in [2.45, 2.75) is 38.7 Å². The van der Waals surface area contributed by atoms with Crippen LogP contribution in [-0.4, -0.2) is 28.7 Å². The number of nitrogens with zero attached hydrogens (tertiary/aromatic N) is 3. The molecule has 5 nitrogen and oxygen atoms in total. The van der Waals surface area contributed by atoms with Gasteiger partial charge in [-0.3, -0.25) is 0 Å². The minimum absolute atomic E-state index is 0.161. The van der Waals surface area contributed by atoms with E-state index in [1.165, 1.54) is 4.90 Å². The van der Waals surface area contributed by atoms with Gasteiger partial charge in [0.1, 0.15) is 5.60 Å². The first-order valence-electron chi connectivity index (χ1n) is 5.63. The van der Waals surface area contributed by atoms with Crippen molar-refractivity contribution in [2.24, 2.45) is 0 Å². The Hall–Kier alpha value is -1.36. The molecule has 18 heavy (non-hydrogen) atoms. The van der Waals surface area contributed by atoms with E-state index in [0.29, 0.717) is 0 Å². The number of carbonyl (C=O) groups is 1. The number of ether oxygens (including phenoxy) is 1. The number of aromatic nitrogens is 2. The minimum atomic E-state index is -0.546. The van der Waals surface area contributed by atoms with Crippen molar-refractivity contribution in [1.82, 2.24) is 9.97 Å². The van der Waals surface area contributed by atoms with Crippen molar-refractivity contribution in [2.75, 3.05) is 11.9 Å². The summed E-state index contributed by atoms with van der Waals surface area (Å²) in [5.74, 6) is 0.283. The molecule has 1 amide bonds. The average Bonchev–Trinajstić information content (AvgIpc) is 2.26. The second-order valence-corrected chi connectivity index (χ2v) is 5.63. The summed E-state index contributed by atoms with van der Waals surface area (Å²) in [6.45, 7) is 7.24. The Morgan fingerprint density at radius 1 is 1.39 bits per heavy atom. The lowest BCUT2D eigenvalue weighted by Gasteiger charge is -2.23. The summed E-state index contributed by atoms with van der Waals surface area (Å²) in [4.78, 5) is 21.2. The summed E-state index contributed by atoms with van der Waals surface area (Å²) in [7, 11) is 1.56. The van der Waals surface area contributed by atoms with E-state index in [-0.39, 0.29) is 11.3 Å². The van der Waals surface area contributed by atoms with Crippen molar-refractivity contribution in [1.29, 1.82) is 0 Å². The third-order valence-corrected chi connectivity index (χ3v) is 2.34. The highest BCUT2D eigenvalue weighted by Crippen LogP contribution is 2.19. The summed E-state index contributed by atoms with van der Waals surface area (Å²) in [5.41, 5.74) is 0.258. The lowest BCUT2D eigenvalue weighted by Crippen LogP contribution is -2.35. The van der Waals surface area contributed by atoms with Crippen LogP contribution in [0.4, 0.5) is 10.7 Å². The van der Waals surface area contributed by atoms with Crippen LogP contribution in [0.1, 0.15) is 38.6 Å². The molecule has 1 aromatic rings. The molecule has 0 aliphatic heterocycles. The second-order valence-electron chi connectivity index (χ2n) is 4.97. The van der Waals surface area contributed by atoms with E-state index in [9.17, 15) is 4.79 Å². The Morgan fingerprint density at radius 2 is 1.89 bits per heavy atom. The van der Waals surface area contributed by atoms with Crippen LogP contribution in [0.15, 0.2) is 12.4 Å². The summed E-state index contributed by atoms with van der Waals surface area (Å²) in [5, 5.41) is -0.161. The first-order chi connectivity index (χ1) is 8.20. The molecule has 0 aliphatic rings. The zero-order valence-electron chi connectivity index (χ0n) is 11.3. The van der Waals surface area contributed by atoms with Gasteiger partial charge in [0.05, 0.1) is 5.38 Å². The third-order valence-electron chi connectivity index (χ3n) is 2.08. The van der Waals surface area contributed by atoms with Crippen LogP contribution in [0.2, 0.25) is 0 Å². The van der Waals surface area contributed by atoms with Crippen LogP contribution in [0.25, 0.3) is 0 Å². The van der Waals surface area contributed by atoms with Crippen molar-refractivity contribution in [3.05, 3.63) is 18.0 Å². The maximum atomic E-state index is 11.8. The Kier molecular flexibility index (Phi) is 4.51. The quantitative estimate of drug-likeness (QED) is 0.776. The Labute approximate surface area is 112 Å². The van der Waals surface area contributed by atoms with Gasteiger partial charge in [-0.25, -0.2) is 19.7 Å². The molecule has 0 radical (unpaired) electrons. The number of alkyl halides is 1. The molecule has 0 aliphatic carbocycles. The number of amides is 1. The van der Waals surface area contributed by atoms with Gasteiger partial charge in [0.2, 0.25) is 5.95 Å². The van der Waals surface area contributed by atoms with Crippen LogP contribution in [-0.2, 0) is 4.74 Å². The fourth-order valence-corrected chi connectivity index (χ4v) is 1.23. The van der Waals surface area contributed by atoms with E-state index in [1.807, 2.05) is 6.92 Å². The summed E-state index contributed by atoms with van der Waals surface area (Å²) in [6, 6.07) is 0. The molecule has 1 heterocycles. The van der Waals surface area contributed by atoms with Gasteiger partial charge in [0.15, 0.2) is 0 Å². The first-order valence-corrected chi connectivity index (χ1v) is 6.07. The number of hydrogen-bond donors (Lipinski definition) is 0. The van der Waals surface area contributed by atoms with Gasteiger partial charge >= 0.3 is 6.09 Å². The molecule has 0 saturated heterocycles. The lowest BCUT2D eigenvalue weighted by molar-refractivity contribution is 0.0587. The summed E-state index contributed by atoms with van der Waals surface area (Å²) in [6.07, 6.45) is 2.70. The Morgan fingerprint density at radius 3 is 2.28 bits per heavy atom. The highest BCUT2D eigenvalue weighted by molar-refractivity contribution is 6.20. The largest absolute Gasteiger partial charge is 0.443 e. The maximum absolute atomic E-state index is 11.8. The molecule has 1 aromatic heterocycles. The number of halogens is 1. The van der Waals surface area contributed by atoms with E-state index in [2.05, 4.69) is 9.97 Å². The SMILES string of the molecule is CC(Cl)c1cnc(N(C)C(=O)OC(C)(C)C)nc1. The van der Waals surface area contributed by atoms with Crippen LogP contribution in [0.5, 0.6) is 0 Å². The molecule has 1 unspecified atom stereocenters. The van der Waals surface area contributed by atoms with Crippen molar-refractivity contribution < 1.29 is 9.53 Å². The molecule has 100 valence electrons. The van der Waals surface area contributed by atoms with Crippen molar-refractivity contribution >= 4 is 23.6 Å². The van der Waals surface area contributed by atoms with Crippen LogP contribution >= 0.6 is 11.6 Å². The van der Waals surface area contributed by atoms with Crippen LogP contribution in [0.3, 0.4) is 0 Å². The van der Waals surface area contributed by atoms with Gasteiger partial charge in [0.25, 0.3) is 0 Å². The van der Waals surface area contributed by atoms with Gasteiger partial charge in [-0.1, -0.05) is 0 Å². The molecular weight excluding hydrogens is 254 g/mol. The zero-order chi connectivity index (χ0) is 13.9. The number of rotatable bonds is 2. The summed E-state index contributed by atoms with van der Waals surface area (Å²) < 4.78 is 5.21. The molecule has 0 aromatic carbocycles. The number of anilines is 1. The minimum Gasteiger partial charge on any atom is -0.443 e. The van der Waals surface area contributed by atoms with Gasteiger partial charge in [-0.15, -0.1) is 11.6 Å². The molecule has 0 fully saturated rings. The Balaban J connectivity index is 2.78. The molecule has 0 spiro atoms. The van der Waals surface area contributed by atoms with E-state index >= 15 is 0 Å². The first kappa shape index (κ1) is 14.7. The van der Waals surface area contributed by atoms with Gasteiger partial charge < -0.3 is 4.74 Å². The van der Waals surface area contributed by atoms with Crippen molar-refractivity contribution in [3.8, 4) is 0 Å². The highest BCUT2D eigenvalue weighted by atomic mass is 35.5. The standard InChI is InChI=1S/C12H18ClN3O2/c1-8(13)9-6-14-10(15-7-9)16(5)11(17)18-12(2,3)4/h6-8H,1-5H3. The molecule has 1 rings (SSSR count). The molecule has 6 heteroatoms. The zero-order valence-corrected chi connectivity index (χ0v) is 12.0. The number of carbonyl (C=O) groups excluding carboxylic acids is 1. The fourth-order valence-electron chi connectivity index (χ4n) is 1.12.